The Labute approximate surface area is 141 Å². The van der Waals surface area contributed by atoms with Crippen LogP contribution in [0.1, 0.15) is 29.9 Å². The van der Waals surface area contributed by atoms with E-state index >= 15 is 0 Å². The topological polar surface area (TPSA) is 73.5 Å². The SMILES string of the molecule is Cc1noc(C)c1CN1CC2(C[C@H](Oc3cnccn3)CCO2)C1. The normalized spacial score (nSPS) is 23.2. The molecule has 2 fully saturated rings. The fourth-order valence-corrected chi connectivity index (χ4v) is 3.65. The Morgan fingerprint density at radius 2 is 2.21 bits per heavy atom. The Bertz CT molecular complexity index is 678. The minimum atomic E-state index is -0.0932. The molecule has 0 aliphatic carbocycles. The van der Waals surface area contributed by atoms with Gasteiger partial charge < -0.3 is 14.0 Å². The maximum absolute atomic E-state index is 6.08. The molecular weight excluding hydrogens is 308 g/mol. The first kappa shape index (κ1) is 15.5. The van der Waals surface area contributed by atoms with Crippen molar-refractivity contribution >= 4 is 0 Å². The van der Waals surface area contributed by atoms with Gasteiger partial charge in [-0.25, -0.2) is 4.98 Å². The summed E-state index contributed by atoms with van der Waals surface area (Å²) in [5, 5.41) is 4.02. The molecule has 2 aliphatic rings. The number of rotatable bonds is 4. The smallest absolute Gasteiger partial charge is 0.232 e. The standard InChI is InChI=1S/C17H22N4O3/c1-12-15(13(2)24-20-12)9-21-10-17(11-21)7-14(3-6-22-17)23-16-8-18-4-5-19-16/h4-5,8,14H,3,6-7,9-11H2,1-2H3/t14-/m1/s1. The largest absolute Gasteiger partial charge is 0.473 e. The third-order valence-corrected chi connectivity index (χ3v) is 4.86. The van der Waals surface area contributed by atoms with Gasteiger partial charge in [-0.05, 0) is 13.8 Å². The Balaban J connectivity index is 1.34. The molecular formula is C17H22N4O3. The van der Waals surface area contributed by atoms with Gasteiger partial charge in [0, 0.05) is 50.4 Å². The Hall–Kier alpha value is -1.99. The summed E-state index contributed by atoms with van der Waals surface area (Å²) < 4.78 is 17.3. The highest BCUT2D eigenvalue weighted by atomic mass is 16.5. The fraction of sp³-hybridized carbons (Fsp3) is 0.588. The first-order valence-electron chi connectivity index (χ1n) is 8.34. The molecule has 2 aromatic heterocycles. The van der Waals surface area contributed by atoms with Gasteiger partial charge in [-0.15, -0.1) is 0 Å². The van der Waals surface area contributed by atoms with Gasteiger partial charge in [0.05, 0.1) is 24.1 Å². The van der Waals surface area contributed by atoms with Crippen molar-refractivity contribution in [3.8, 4) is 5.88 Å². The van der Waals surface area contributed by atoms with Gasteiger partial charge >= 0.3 is 0 Å². The van der Waals surface area contributed by atoms with E-state index in [0.29, 0.717) is 5.88 Å². The van der Waals surface area contributed by atoms with E-state index in [-0.39, 0.29) is 11.7 Å². The van der Waals surface area contributed by atoms with Crippen LogP contribution in [0.15, 0.2) is 23.1 Å². The van der Waals surface area contributed by atoms with Crippen LogP contribution in [0.4, 0.5) is 0 Å². The average molecular weight is 330 g/mol. The van der Waals surface area contributed by atoms with Crippen LogP contribution in [-0.4, -0.2) is 51.4 Å². The molecule has 128 valence electrons. The Kier molecular flexibility index (Phi) is 3.97. The molecule has 1 spiro atoms. The predicted molar refractivity (Wildman–Crippen MR) is 85.6 cm³/mol. The number of aryl methyl sites for hydroxylation is 2. The van der Waals surface area contributed by atoms with Crippen molar-refractivity contribution in [2.45, 2.75) is 44.9 Å². The van der Waals surface area contributed by atoms with E-state index in [9.17, 15) is 0 Å². The van der Waals surface area contributed by atoms with Gasteiger partial charge in [0.25, 0.3) is 0 Å². The molecule has 0 radical (unpaired) electrons. The van der Waals surface area contributed by atoms with Gasteiger partial charge in [-0.1, -0.05) is 5.16 Å². The van der Waals surface area contributed by atoms with E-state index in [1.165, 1.54) is 5.56 Å². The van der Waals surface area contributed by atoms with Gasteiger partial charge in [0.15, 0.2) is 0 Å². The molecule has 7 heteroatoms. The van der Waals surface area contributed by atoms with Crippen LogP contribution in [0.2, 0.25) is 0 Å². The molecule has 0 N–H and O–H groups in total. The second kappa shape index (κ2) is 6.14. The van der Waals surface area contributed by atoms with Gasteiger partial charge in [-0.2, -0.15) is 0 Å². The monoisotopic (exact) mass is 330 g/mol. The molecule has 0 aromatic carbocycles. The number of likely N-dealkylation sites (tertiary alicyclic amines) is 1. The van der Waals surface area contributed by atoms with E-state index in [0.717, 1.165) is 50.5 Å². The van der Waals surface area contributed by atoms with Crippen LogP contribution in [0, 0.1) is 13.8 Å². The second-order valence-corrected chi connectivity index (χ2v) is 6.76. The molecule has 4 rings (SSSR count). The lowest BCUT2D eigenvalue weighted by Crippen LogP contribution is -2.65. The molecule has 2 saturated heterocycles. The summed E-state index contributed by atoms with van der Waals surface area (Å²) in [7, 11) is 0. The van der Waals surface area contributed by atoms with Crippen LogP contribution >= 0.6 is 0 Å². The highest BCUT2D eigenvalue weighted by molar-refractivity contribution is 5.21. The fourth-order valence-electron chi connectivity index (χ4n) is 3.65. The maximum Gasteiger partial charge on any atom is 0.232 e. The van der Waals surface area contributed by atoms with Crippen LogP contribution in [0.25, 0.3) is 0 Å². The number of ether oxygens (including phenoxy) is 2. The zero-order valence-electron chi connectivity index (χ0n) is 14.1. The zero-order valence-corrected chi connectivity index (χ0v) is 14.1. The van der Waals surface area contributed by atoms with E-state index in [4.69, 9.17) is 14.0 Å². The number of nitrogens with zero attached hydrogens (tertiary/aromatic N) is 4. The third-order valence-electron chi connectivity index (χ3n) is 4.86. The lowest BCUT2D eigenvalue weighted by atomic mass is 9.84. The predicted octanol–water partition coefficient (Wildman–Crippen LogP) is 1.89. The maximum atomic E-state index is 6.08. The van der Waals surface area contributed by atoms with E-state index in [1.54, 1.807) is 18.6 Å². The van der Waals surface area contributed by atoms with Gasteiger partial charge in [-0.3, -0.25) is 9.88 Å². The van der Waals surface area contributed by atoms with Crippen LogP contribution < -0.4 is 4.74 Å². The summed E-state index contributed by atoms with van der Waals surface area (Å²) in [6.45, 7) is 7.37. The summed E-state index contributed by atoms with van der Waals surface area (Å²) in [5.74, 6) is 1.49. The van der Waals surface area contributed by atoms with Gasteiger partial charge in [0.2, 0.25) is 5.88 Å². The summed E-state index contributed by atoms with van der Waals surface area (Å²) in [6.07, 6.45) is 6.88. The molecule has 4 heterocycles. The Morgan fingerprint density at radius 3 is 2.92 bits per heavy atom. The summed E-state index contributed by atoms with van der Waals surface area (Å²) in [4.78, 5) is 10.6. The van der Waals surface area contributed by atoms with Crippen molar-refractivity contribution < 1.29 is 14.0 Å². The van der Waals surface area contributed by atoms with Crippen molar-refractivity contribution in [2.75, 3.05) is 19.7 Å². The zero-order chi connectivity index (χ0) is 16.6. The highest BCUT2D eigenvalue weighted by Gasteiger charge is 2.48. The average Bonchev–Trinajstić information content (AvgIpc) is 2.87. The second-order valence-electron chi connectivity index (χ2n) is 6.76. The minimum Gasteiger partial charge on any atom is -0.473 e. The lowest BCUT2D eigenvalue weighted by Gasteiger charge is -2.53. The van der Waals surface area contributed by atoms with Crippen LogP contribution in [-0.2, 0) is 11.3 Å². The number of hydrogen-bond acceptors (Lipinski definition) is 7. The van der Waals surface area contributed by atoms with Crippen molar-refractivity contribution in [3.05, 3.63) is 35.6 Å². The first-order valence-corrected chi connectivity index (χ1v) is 8.34. The molecule has 2 aliphatic heterocycles. The number of hydrogen-bond donors (Lipinski definition) is 0. The first-order chi connectivity index (χ1) is 11.6. The molecule has 7 nitrogen and oxygen atoms in total. The molecule has 1 atom stereocenters. The van der Waals surface area contributed by atoms with Crippen molar-refractivity contribution in [3.63, 3.8) is 0 Å². The van der Waals surface area contributed by atoms with Crippen molar-refractivity contribution in [1.82, 2.24) is 20.0 Å². The molecule has 0 bridgehead atoms. The quantitative estimate of drug-likeness (QED) is 0.847. The molecule has 0 saturated carbocycles. The van der Waals surface area contributed by atoms with Crippen molar-refractivity contribution in [2.24, 2.45) is 0 Å². The highest BCUT2D eigenvalue weighted by Crippen LogP contribution is 2.36. The molecule has 0 amide bonds. The summed E-state index contributed by atoms with van der Waals surface area (Å²) in [5.41, 5.74) is 2.07. The lowest BCUT2D eigenvalue weighted by molar-refractivity contribution is -0.188. The van der Waals surface area contributed by atoms with Crippen molar-refractivity contribution in [1.29, 1.82) is 0 Å². The third kappa shape index (κ3) is 3.01. The molecule has 2 aromatic rings. The van der Waals surface area contributed by atoms with Gasteiger partial charge in [0.1, 0.15) is 11.9 Å². The van der Waals surface area contributed by atoms with E-state index in [2.05, 4.69) is 20.0 Å². The van der Waals surface area contributed by atoms with E-state index < -0.39 is 0 Å². The number of aromatic nitrogens is 3. The Morgan fingerprint density at radius 1 is 1.33 bits per heavy atom. The summed E-state index contributed by atoms with van der Waals surface area (Å²) >= 11 is 0. The molecule has 0 unspecified atom stereocenters. The van der Waals surface area contributed by atoms with Crippen LogP contribution in [0.5, 0.6) is 5.88 Å². The van der Waals surface area contributed by atoms with E-state index in [1.807, 2.05) is 13.8 Å². The molecule has 24 heavy (non-hydrogen) atoms. The summed E-state index contributed by atoms with van der Waals surface area (Å²) in [6, 6.07) is 0. The van der Waals surface area contributed by atoms with Crippen LogP contribution in [0.3, 0.4) is 0 Å². The minimum absolute atomic E-state index is 0.0932.